The number of carbonyl (C=O) groups is 1. The summed E-state index contributed by atoms with van der Waals surface area (Å²) < 4.78 is 5.35. The molecule has 1 aromatic heterocycles. The fourth-order valence-corrected chi connectivity index (χ4v) is 2.33. The van der Waals surface area contributed by atoms with Crippen molar-refractivity contribution in [3.63, 3.8) is 0 Å². The first-order valence-electron chi connectivity index (χ1n) is 7.63. The Bertz CT molecular complexity index is 965. The van der Waals surface area contributed by atoms with Gasteiger partial charge in [-0.05, 0) is 42.8 Å². The summed E-state index contributed by atoms with van der Waals surface area (Å²) in [4.78, 5) is 18.4. The van der Waals surface area contributed by atoms with Crippen LogP contribution in [0.25, 0.3) is 22.7 Å². The average Bonchev–Trinajstić information content (AvgIpc) is 3.03. The van der Waals surface area contributed by atoms with Gasteiger partial charge >= 0.3 is 5.97 Å². The van der Waals surface area contributed by atoms with Crippen LogP contribution in [0, 0.1) is 11.3 Å². The smallest absolute Gasteiger partial charge is 0.344 e. The first-order chi connectivity index (χ1) is 12.1. The molecule has 0 bridgehead atoms. The summed E-state index contributed by atoms with van der Waals surface area (Å²) in [6.45, 7) is 1.46. The molecule has 0 saturated carbocycles. The van der Waals surface area contributed by atoms with Crippen molar-refractivity contribution >= 4 is 28.7 Å². The summed E-state index contributed by atoms with van der Waals surface area (Å²) in [5.74, 6) is -0.139. The van der Waals surface area contributed by atoms with E-state index in [4.69, 9.17) is 9.84 Å². The van der Waals surface area contributed by atoms with E-state index in [1.165, 1.54) is 6.92 Å². The number of imidazole rings is 1. The average molecular weight is 333 g/mol. The number of nitrogens with zero attached hydrogens (tertiary/aromatic N) is 2. The number of carboxylic acids is 1. The summed E-state index contributed by atoms with van der Waals surface area (Å²) in [5, 5.41) is 18.4. The lowest BCUT2D eigenvalue weighted by atomic mass is 10.1. The second-order valence-corrected chi connectivity index (χ2v) is 5.44. The van der Waals surface area contributed by atoms with Crippen molar-refractivity contribution in [1.29, 1.82) is 5.26 Å². The molecule has 1 atom stereocenters. The number of aliphatic carboxylic acids is 1. The van der Waals surface area contributed by atoms with Gasteiger partial charge in [0.15, 0.2) is 6.10 Å². The minimum absolute atomic E-state index is 0.375. The summed E-state index contributed by atoms with van der Waals surface area (Å²) in [6, 6.07) is 16.6. The molecule has 3 rings (SSSR count). The van der Waals surface area contributed by atoms with E-state index in [0.717, 1.165) is 11.0 Å². The number of rotatable bonds is 5. The van der Waals surface area contributed by atoms with E-state index in [0.29, 0.717) is 22.7 Å². The quantitative estimate of drug-likeness (QED) is 0.696. The predicted octanol–water partition coefficient (Wildman–Crippen LogP) is 3.48. The Kier molecular flexibility index (Phi) is 4.48. The molecule has 0 aliphatic carbocycles. The molecule has 3 aromatic rings. The molecule has 25 heavy (non-hydrogen) atoms. The van der Waals surface area contributed by atoms with Gasteiger partial charge < -0.3 is 14.8 Å². The number of ether oxygens (including phenoxy) is 1. The van der Waals surface area contributed by atoms with Gasteiger partial charge in [-0.1, -0.05) is 24.3 Å². The maximum Gasteiger partial charge on any atom is 0.344 e. The van der Waals surface area contributed by atoms with Crippen LogP contribution in [0.2, 0.25) is 0 Å². The third-order valence-corrected chi connectivity index (χ3v) is 3.59. The number of hydrogen-bond donors (Lipinski definition) is 2. The summed E-state index contributed by atoms with van der Waals surface area (Å²) in [7, 11) is 0. The van der Waals surface area contributed by atoms with Crippen LogP contribution in [0.3, 0.4) is 0 Å². The lowest BCUT2D eigenvalue weighted by molar-refractivity contribution is -0.144. The van der Waals surface area contributed by atoms with Crippen LogP contribution in [0.4, 0.5) is 0 Å². The lowest BCUT2D eigenvalue weighted by Gasteiger charge is -2.10. The van der Waals surface area contributed by atoms with Crippen molar-refractivity contribution in [3.8, 4) is 11.8 Å². The number of allylic oxidation sites excluding steroid dienone is 1. The van der Waals surface area contributed by atoms with E-state index < -0.39 is 12.1 Å². The number of aromatic nitrogens is 2. The molecule has 2 aromatic carbocycles. The van der Waals surface area contributed by atoms with E-state index in [1.807, 2.05) is 24.3 Å². The van der Waals surface area contributed by atoms with Crippen LogP contribution < -0.4 is 4.74 Å². The normalized spacial score (nSPS) is 12.6. The molecule has 1 heterocycles. The number of H-pyrrole nitrogens is 1. The molecule has 1 unspecified atom stereocenters. The number of aromatic amines is 1. The Hall–Kier alpha value is -3.59. The zero-order valence-corrected chi connectivity index (χ0v) is 13.4. The minimum atomic E-state index is -1.04. The van der Waals surface area contributed by atoms with Gasteiger partial charge in [-0.3, -0.25) is 0 Å². The number of nitriles is 1. The summed E-state index contributed by atoms with van der Waals surface area (Å²) in [5.41, 5.74) is 2.73. The van der Waals surface area contributed by atoms with Gasteiger partial charge in [0.1, 0.15) is 17.6 Å². The van der Waals surface area contributed by atoms with Crippen molar-refractivity contribution in [1.82, 2.24) is 9.97 Å². The van der Waals surface area contributed by atoms with E-state index in [1.54, 1.807) is 30.3 Å². The van der Waals surface area contributed by atoms with Gasteiger partial charge in [0, 0.05) is 0 Å². The third-order valence-electron chi connectivity index (χ3n) is 3.59. The van der Waals surface area contributed by atoms with Crippen molar-refractivity contribution in [3.05, 3.63) is 59.9 Å². The highest BCUT2D eigenvalue weighted by molar-refractivity contribution is 5.90. The number of benzene rings is 2. The Labute approximate surface area is 144 Å². The topological polar surface area (TPSA) is 99.0 Å². The number of fused-ring (bicyclic) bond motifs is 1. The molecule has 124 valence electrons. The first kappa shape index (κ1) is 16.3. The SMILES string of the molecule is CC(Oc1cccc(/C=C(\C#N)c2nc3ccccc3[nH]2)c1)C(=O)O. The number of carboxylic acid groups (broad SMARTS) is 1. The van der Waals surface area contributed by atoms with E-state index in [9.17, 15) is 10.1 Å². The lowest BCUT2D eigenvalue weighted by Crippen LogP contribution is -2.22. The van der Waals surface area contributed by atoms with Crippen LogP contribution >= 0.6 is 0 Å². The number of nitrogens with one attached hydrogen (secondary N) is 1. The van der Waals surface area contributed by atoms with E-state index in [2.05, 4.69) is 16.0 Å². The summed E-state index contributed by atoms with van der Waals surface area (Å²) in [6.07, 6.45) is 0.723. The van der Waals surface area contributed by atoms with Crippen molar-refractivity contribution in [2.24, 2.45) is 0 Å². The van der Waals surface area contributed by atoms with Gasteiger partial charge in [-0.15, -0.1) is 0 Å². The molecule has 2 N–H and O–H groups in total. The molecular weight excluding hydrogens is 318 g/mol. The van der Waals surface area contributed by atoms with Crippen LogP contribution in [-0.4, -0.2) is 27.1 Å². The second-order valence-electron chi connectivity index (χ2n) is 5.44. The highest BCUT2D eigenvalue weighted by Gasteiger charge is 2.12. The second kappa shape index (κ2) is 6.89. The van der Waals surface area contributed by atoms with Crippen molar-refractivity contribution in [2.45, 2.75) is 13.0 Å². The molecule has 0 fully saturated rings. The van der Waals surface area contributed by atoms with Crippen LogP contribution in [-0.2, 0) is 4.79 Å². The predicted molar refractivity (Wildman–Crippen MR) is 93.7 cm³/mol. The Morgan fingerprint density at radius 2 is 2.12 bits per heavy atom. The molecule has 6 nitrogen and oxygen atoms in total. The maximum absolute atomic E-state index is 10.9. The molecule has 0 radical (unpaired) electrons. The molecule has 6 heteroatoms. The van der Waals surface area contributed by atoms with Crippen LogP contribution in [0.1, 0.15) is 18.3 Å². The Morgan fingerprint density at radius 1 is 1.32 bits per heavy atom. The number of hydrogen-bond acceptors (Lipinski definition) is 4. The Morgan fingerprint density at radius 3 is 2.84 bits per heavy atom. The molecule has 0 saturated heterocycles. The molecular formula is C19H15N3O3. The molecule has 0 spiro atoms. The van der Waals surface area contributed by atoms with Gasteiger partial charge in [-0.25, -0.2) is 9.78 Å². The molecule has 0 amide bonds. The van der Waals surface area contributed by atoms with Crippen molar-refractivity contribution in [2.75, 3.05) is 0 Å². The monoisotopic (exact) mass is 333 g/mol. The molecule has 0 aliphatic heterocycles. The summed E-state index contributed by atoms with van der Waals surface area (Å²) >= 11 is 0. The minimum Gasteiger partial charge on any atom is -0.479 e. The highest BCUT2D eigenvalue weighted by Crippen LogP contribution is 2.21. The third kappa shape index (κ3) is 3.67. The van der Waals surface area contributed by atoms with Gasteiger partial charge in [0.25, 0.3) is 0 Å². The standard InChI is InChI=1S/C19H15N3O3/c1-12(19(23)24)25-15-6-4-5-13(10-15)9-14(11-20)18-21-16-7-2-3-8-17(16)22-18/h2-10,12H,1H3,(H,21,22)(H,23,24)/b14-9+. The fourth-order valence-electron chi connectivity index (χ4n) is 2.33. The Balaban J connectivity index is 1.92. The van der Waals surface area contributed by atoms with Crippen LogP contribution in [0.15, 0.2) is 48.5 Å². The zero-order chi connectivity index (χ0) is 17.8. The molecule has 0 aliphatic rings. The van der Waals surface area contributed by atoms with Crippen LogP contribution in [0.5, 0.6) is 5.75 Å². The van der Waals surface area contributed by atoms with Gasteiger partial charge in [0.05, 0.1) is 16.6 Å². The zero-order valence-electron chi connectivity index (χ0n) is 13.4. The first-order valence-corrected chi connectivity index (χ1v) is 7.63. The maximum atomic E-state index is 10.9. The highest BCUT2D eigenvalue weighted by atomic mass is 16.5. The van der Waals surface area contributed by atoms with Crippen molar-refractivity contribution < 1.29 is 14.6 Å². The van der Waals surface area contributed by atoms with E-state index in [-0.39, 0.29) is 0 Å². The van der Waals surface area contributed by atoms with E-state index >= 15 is 0 Å². The fraction of sp³-hybridized carbons (Fsp3) is 0.105. The largest absolute Gasteiger partial charge is 0.479 e. The van der Waals surface area contributed by atoms with Gasteiger partial charge in [-0.2, -0.15) is 5.26 Å². The van der Waals surface area contributed by atoms with Gasteiger partial charge in [0.2, 0.25) is 0 Å². The number of para-hydroxylation sites is 2.